The van der Waals surface area contributed by atoms with E-state index in [1.807, 2.05) is 31.2 Å². The van der Waals surface area contributed by atoms with Crippen LogP contribution in [-0.2, 0) is 20.7 Å². The van der Waals surface area contributed by atoms with Crippen molar-refractivity contribution in [2.75, 3.05) is 20.7 Å². The number of aryl methyl sites for hydroxylation is 2. The minimum absolute atomic E-state index is 0.0000447. The number of methoxy groups -OCH3 is 1. The Morgan fingerprint density at radius 1 is 1.20 bits per heavy atom. The predicted molar refractivity (Wildman–Crippen MR) is 93.9 cm³/mol. The molecule has 134 valence electrons. The molecule has 0 aliphatic heterocycles. The van der Waals surface area contributed by atoms with E-state index in [1.165, 1.54) is 12.7 Å². The number of oxazole rings is 1. The van der Waals surface area contributed by atoms with E-state index in [9.17, 15) is 9.59 Å². The van der Waals surface area contributed by atoms with Gasteiger partial charge in [0.1, 0.15) is 0 Å². The molecular formula is C19H24N2O4. The highest BCUT2D eigenvalue weighted by Crippen LogP contribution is 2.21. The number of benzene rings is 1. The summed E-state index contributed by atoms with van der Waals surface area (Å²) < 4.78 is 10.3. The summed E-state index contributed by atoms with van der Waals surface area (Å²) in [6, 6.07) is 8.01. The third-order valence-electron chi connectivity index (χ3n) is 3.97. The van der Waals surface area contributed by atoms with E-state index < -0.39 is 0 Å². The van der Waals surface area contributed by atoms with Crippen molar-refractivity contribution >= 4 is 11.9 Å². The smallest absolute Gasteiger partial charge is 0.305 e. The molecule has 2 rings (SSSR count). The van der Waals surface area contributed by atoms with Crippen molar-refractivity contribution < 1.29 is 18.7 Å². The van der Waals surface area contributed by atoms with Gasteiger partial charge in [-0.15, -0.1) is 0 Å². The van der Waals surface area contributed by atoms with Gasteiger partial charge in [-0.3, -0.25) is 9.59 Å². The number of carbonyl (C=O) groups is 2. The number of aromatic nitrogens is 1. The van der Waals surface area contributed by atoms with E-state index in [0.29, 0.717) is 43.9 Å². The second-order valence-corrected chi connectivity index (χ2v) is 5.98. The van der Waals surface area contributed by atoms with Gasteiger partial charge in [-0.2, -0.15) is 0 Å². The Morgan fingerprint density at radius 2 is 1.92 bits per heavy atom. The van der Waals surface area contributed by atoms with E-state index in [2.05, 4.69) is 9.72 Å². The molecule has 0 fully saturated rings. The van der Waals surface area contributed by atoms with E-state index >= 15 is 0 Å². The van der Waals surface area contributed by atoms with Crippen LogP contribution in [0.3, 0.4) is 0 Å². The maximum absolute atomic E-state index is 12.1. The molecule has 1 heterocycles. The highest BCUT2D eigenvalue weighted by Gasteiger charge is 2.12. The van der Waals surface area contributed by atoms with Gasteiger partial charge in [0.05, 0.1) is 13.3 Å². The van der Waals surface area contributed by atoms with Crippen LogP contribution in [0.4, 0.5) is 0 Å². The minimum Gasteiger partial charge on any atom is -0.469 e. The van der Waals surface area contributed by atoms with Crippen molar-refractivity contribution in [1.82, 2.24) is 9.88 Å². The van der Waals surface area contributed by atoms with Crippen LogP contribution in [0.2, 0.25) is 0 Å². The molecule has 0 radical (unpaired) electrons. The lowest BCUT2D eigenvalue weighted by molar-refractivity contribution is -0.141. The monoisotopic (exact) mass is 344 g/mol. The summed E-state index contributed by atoms with van der Waals surface area (Å²) in [6.07, 6.45) is 3.36. The van der Waals surface area contributed by atoms with Gasteiger partial charge in [0.2, 0.25) is 5.91 Å². The number of amides is 1. The van der Waals surface area contributed by atoms with Gasteiger partial charge in [0, 0.05) is 38.4 Å². The average Bonchev–Trinajstić information content (AvgIpc) is 3.08. The van der Waals surface area contributed by atoms with Crippen molar-refractivity contribution in [1.29, 1.82) is 0 Å². The zero-order chi connectivity index (χ0) is 18.2. The summed E-state index contributed by atoms with van der Waals surface area (Å²) in [7, 11) is 3.09. The number of rotatable bonds is 8. The summed E-state index contributed by atoms with van der Waals surface area (Å²) in [5.41, 5.74) is 2.15. The Hall–Kier alpha value is -2.63. The van der Waals surface area contributed by atoms with Crippen molar-refractivity contribution in [3.05, 3.63) is 41.9 Å². The maximum atomic E-state index is 12.1. The predicted octanol–water partition coefficient (Wildman–Crippen LogP) is 2.99. The Kier molecular flexibility index (Phi) is 6.74. The van der Waals surface area contributed by atoms with Gasteiger partial charge >= 0.3 is 5.97 Å². The molecule has 0 atom stereocenters. The first-order valence-electron chi connectivity index (χ1n) is 8.32. The van der Waals surface area contributed by atoms with Gasteiger partial charge in [-0.05, 0) is 13.3 Å². The van der Waals surface area contributed by atoms with E-state index in [1.54, 1.807) is 18.1 Å². The molecule has 2 aromatic rings. The Balaban J connectivity index is 1.80. The SMILES string of the molecule is COC(=O)CCCN(C)C(=O)CCc1ncc(-c2ccc(C)cc2)o1. The second kappa shape index (κ2) is 9.01. The molecule has 25 heavy (non-hydrogen) atoms. The molecule has 0 saturated carbocycles. The summed E-state index contributed by atoms with van der Waals surface area (Å²) in [6.45, 7) is 2.55. The first-order valence-corrected chi connectivity index (χ1v) is 8.32. The molecule has 0 N–H and O–H groups in total. The van der Waals surface area contributed by atoms with Crippen molar-refractivity contribution in [2.24, 2.45) is 0 Å². The Labute approximate surface area is 147 Å². The topological polar surface area (TPSA) is 72.6 Å². The van der Waals surface area contributed by atoms with Gasteiger partial charge < -0.3 is 14.1 Å². The fraction of sp³-hybridized carbons (Fsp3) is 0.421. The number of ether oxygens (including phenoxy) is 1. The number of hydrogen-bond acceptors (Lipinski definition) is 5. The summed E-state index contributed by atoms with van der Waals surface area (Å²) >= 11 is 0. The highest BCUT2D eigenvalue weighted by molar-refractivity contribution is 5.76. The second-order valence-electron chi connectivity index (χ2n) is 5.98. The zero-order valence-corrected chi connectivity index (χ0v) is 14.9. The first kappa shape index (κ1) is 18.7. The molecule has 1 aromatic heterocycles. The quantitative estimate of drug-likeness (QED) is 0.688. The molecule has 6 heteroatoms. The van der Waals surface area contributed by atoms with Gasteiger partial charge in [0.15, 0.2) is 11.7 Å². The minimum atomic E-state index is -0.260. The molecule has 6 nitrogen and oxygen atoms in total. The van der Waals surface area contributed by atoms with Gasteiger partial charge in [-0.1, -0.05) is 29.8 Å². The summed E-state index contributed by atoms with van der Waals surface area (Å²) in [5, 5.41) is 0. The lowest BCUT2D eigenvalue weighted by Gasteiger charge is -2.16. The Morgan fingerprint density at radius 3 is 2.60 bits per heavy atom. The third-order valence-corrected chi connectivity index (χ3v) is 3.97. The van der Waals surface area contributed by atoms with Crippen molar-refractivity contribution in [3.63, 3.8) is 0 Å². The van der Waals surface area contributed by atoms with Gasteiger partial charge in [-0.25, -0.2) is 4.98 Å². The molecular weight excluding hydrogens is 320 g/mol. The normalized spacial score (nSPS) is 10.5. The third kappa shape index (κ3) is 5.74. The van der Waals surface area contributed by atoms with Gasteiger partial charge in [0.25, 0.3) is 0 Å². The summed E-state index contributed by atoms with van der Waals surface area (Å²) in [4.78, 5) is 29.0. The number of carbonyl (C=O) groups excluding carboxylic acids is 2. The van der Waals surface area contributed by atoms with E-state index in [4.69, 9.17) is 4.42 Å². The molecule has 0 unspecified atom stereocenters. The maximum Gasteiger partial charge on any atom is 0.305 e. The average molecular weight is 344 g/mol. The van der Waals surface area contributed by atoms with Crippen LogP contribution in [0.5, 0.6) is 0 Å². The highest BCUT2D eigenvalue weighted by atomic mass is 16.5. The fourth-order valence-corrected chi connectivity index (χ4v) is 2.37. The molecule has 1 aromatic carbocycles. The Bertz CT molecular complexity index is 706. The molecule has 0 aliphatic rings. The van der Waals surface area contributed by atoms with Crippen LogP contribution < -0.4 is 0 Å². The van der Waals surface area contributed by atoms with Crippen LogP contribution in [0.25, 0.3) is 11.3 Å². The van der Waals surface area contributed by atoms with Crippen molar-refractivity contribution in [3.8, 4) is 11.3 Å². The first-order chi connectivity index (χ1) is 12.0. The number of nitrogens with zero attached hydrogens (tertiary/aromatic N) is 2. The van der Waals surface area contributed by atoms with Crippen LogP contribution in [-0.4, -0.2) is 42.5 Å². The largest absolute Gasteiger partial charge is 0.469 e. The van der Waals surface area contributed by atoms with Crippen molar-refractivity contribution in [2.45, 2.75) is 32.6 Å². The zero-order valence-electron chi connectivity index (χ0n) is 14.9. The fourth-order valence-electron chi connectivity index (χ4n) is 2.37. The number of esters is 1. The standard InChI is InChI=1S/C19H24N2O4/c1-14-6-8-15(9-7-14)16-13-20-17(25-16)10-11-18(22)21(2)12-4-5-19(23)24-3/h6-9,13H,4-5,10-12H2,1-3H3. The molecule has 1 amide bonds. The molecule has 0 aliphatic carbocycles. The lowest BCUT2D eigenvalue weighted by Crippen LogP contribution is -2.28. The van der Waals surface area contributed by atoms with E-state index in [0.717, 1.165) is 5.56 Å². The van der Waals surface area contributed by atoms with Crippen LogP contribution >= 0.6 is 0 Å². The van der Waals surface area contributed by atoms with Crippen LogP contribution in [0.15, 0.2) is 34.9 Å². The molecule has 0 saturated heterocycles. The van der Waals surface area contributed by atoms with Crippen LogP contribution in [0.1, 0.15) is 30.7 Å². The molecule has 0 bridgehead atoms. The molecule has 0 spiro atoms. The van der Waals surface area contributed by atoms with Crippen LogP contribution in [0, 0.1) is 6.92 Å². The summed E-state index contributed by atoms with van der Waals surface area (Å²) in [5.74, 6) is 0.991. The lowest BCUT2D eigenvalue weighted by atomic mass is 10.1. The van der Waals surface area contributed by atoms with E-state index in [-0.39, 0.29) is 11.9 Å². The number of hydrogen-bond donors (Lipinski definition) is 0.